The van der Waals surface area contributed by atoms with Gasteiger partial charge in [-0.2, -0.15) is 0 Å². The predicted octanol–water partition coefficient (Wildman–Crippen LogP) is 1.39. The highest BCUT2D eigenvalue weighted by molar-refractivity contribution is 5.02. The number of hydrogen-bond donors (Lipinski definition) is 1. The fraction of sp³-hybridized carbons (Fsp3) is 1.00. The van der Waals surface area contributed by atoms with E-state index in [4.69, 9.17) is 5.73 Å². The average Bonchev–Trinajstić information content (AvgIpc) is 2.19. The highest BCUT2D eigenvalue weighted by Crippen LogP contribution is 2.41. The number of rotatable bonds is 7. The molecule has 0 aliphatic heterocycles. The molecule has 0 spiro atoms. The zero-order valence-corrected chi connectivity index (χ0v) is 11.5. The molecule has 3 nitrogen and oxygen atoms in total. The van der Waals surface area contributed by atoms with Crippen molar-refractivity contribution in [3.8, 4) is 0 Å². The molecule has 1 fully saturated rings. The summed E-state index contributed by atoms with van der Waals surface area (Å²) in [6.07, 6.45) is 3.80. The normalized spacial score (nSPS) is 29.8. The fourth-order valence-corrected chi connectivity index (χ4v) is 2.97. The van der Waals surface area contributed by atoms with Crippen molar-refractivity contribution in [3.63, 3.8) is 0 Å². The fourth-order valence-electron chi connectivity index (χ4n) is 2.97. The number of hydrogen-bond acceptors (Lipinski definition) is 3. The standard InChI is InChI=1S/C13H29N3/c1-5-6-16(8-7-15(3)4)13(11-14)9-12(2)10-13/h12H,5-11,14H2,1-4H3. The zero-order valence-electron chi connectivity index (χ0n) is 11.5. The Kier molecular flexibility index (Phi) is 5.22. The van der Waals surface area contributed by atoms with Crippen LogP contribution in [0, 0.1) is 5.92 Å². The van der Waals surface area contributed by atoms with Crippen LogP contribution in [-0.4, -0.2) is 55.6 Å². The maximum atomic E-state index is 6.01. The second kappa shape index (κ2) is 5.99. The van der Waals surface area contributed by atoms with Gasteiger partial charge in [0.1, 0.15) is 0 Å². The highest BCUT2D eigenvalue weighted by atomic mass is 15.2. The lowest BCUT2D eigenvalue weighted by Crippen LogP contribution is -2.62. The predicted molar refractivity (Wildman–Crippen MR) is 70.6 cm³/mol. The Morgan fingerprint density at radius 2 is 1.81 bits per heavy atom. The van der Waals surface area contributed by atoms with Gasteiger partial charge in [-0.05, 0) is 45.8 Å². The molecule has 1 rings (SSSR count). The van der Waals surface area contributed by atoms with Gasteiger partial charge < -0.3 is 10.6 Å². The Hall–Kier alpha value is -0.120. The second-order valence-corrected chi connectivity index (χ2v) is 5.73. The lowest BCUT2D eigenvalue weighted by molar-refractivity contribution is -0.0157. The molecule has 0 aromatic carbocycles. The molecule has 0 radical (unpaired) electrons. The third-order valence-corrected chi connectivity index (χ3v) is 3.82. The Bertz CT molecular complexity index is 197. The van der Waals surface area contributed by atoms with E-state index in [-0.39, 0.29) is 0 Å². The zero-order chi connectivity index (χ0) is 12.2. The minimum Gasteiger partial charge on any atom is -0.329 e. The summed E-state index contributed by atoms with van der Waals surface area (Å²) in [5.74, 6) is 0.863. The van der Waals surface area contributed by atoms with E-state index >= 15 is 0 Å². The molecule has 0 atom stereocenters. The summed E-state index contributed by atoms with van der Waals surface area (Å²) in [5, 5.41) is 0. The van der Waals surface area contributed by atoms with Gasteiger partial charge >= 0.3 is 0 Å². The monoisotopic (exact) mass is 227 g/mol. The van der Waals surface area contributed by atoms with Gasteiger partial charge in [-0.3, -0.25) is 4.90 Å². The van der Waals surface area contributed by atoms with Gasteiger partial charge in [-0.15, -0.1) is 0 Å². The molecule has 3 heteroatoms. The van der Waals surface area contributed by atoms with Crippen LogP contribution >= 0.6 is 0 Å². The van der Waals surface area contributed by atoms with Gasteiger partial charge in [-0.25, -0.2) is 0 Å². The highest BCUT2D eigenvalue weighted by Gasteiger charge is 2.44. The number of nitrogens with two attached hydrogens (primary N) is 1. The molecule has 0 saturated heterocycles. The van der Waals surface area contributed by atoms with Crippen molar-refractivity contribution < 1.29 is 0 Å². The van der Waals surface area contributed by atoms with Gasteiger partial charge in [0, 0.05) is 25.2 Å². The van der Waals surface area contributed by atoms with Crippen molar-refractivity contribution in [3.05, 3.63) is 0 Å². The largest absolute Gasteiger partial charge is 0.329 e. The SMILES string of the molecule is CCCN(CCN(C)C)C1(CN)CC(C)C1. The van der Waals surface area contributed by atoms with Crippen LogP contribution in [0.4, 0.5) is 0 Å². The van der Waals surface area contributed by atoms with Gasteiger partial charge in [0.05, 0.1) is 0 Å². The third-order valence-electron chi connectivity index (χ3n) is 3.82. The molecule has 96 valence electrons. The molecule has 16 heavy (non-hydrogen) atoms. The van der Waals surface area contributed by atoms with Crippen molar-refractivity contribution in [2.24, 2.45) is 11.7 Å². The first kappa shape index (κ1) is 13.9. The third kappa shape index (κ3) is 3.19. The lowest BCUT2D eigenvalue weighted by atomic mass is 9.68. The molecule has 1 aliphatic rings. The van der Waals surface area contributed by atoms with E-state index in [9.17, 15) is 0 Å². The quantitative estimate of drug-likeness (QED) is 0.713. The van der Waals surface area contributed by atoms with Gasteiger partial charge in [0.15, 0.2) is 0 Å². The van der Waals surface area contributed by atoms with Gasteiger partial charge in [0.25, 0.3) is 0 Å². The average molecular weight is 227 g/mol. The van der Waals surface area contributed by atoms with E-state index in [0.717, 1.165) is 25.6 Å². The molecule has 2 N–H and O–H groups in total. The molecule has 0 unspecified atom stereocenters. The number of nitrogens with zero attached hydrogens (tertiary/aromatic N) is 2. The van der Waals surface area contributed by atoms with E-state index in [1.165, 1.54) is 25.8 Å². The summed E-state index contributed by atoms with van der Waals surface area (Å²) in [6.45, 7) is 8.91. The summed E-state index contributed by atoms with van der Waals surface area (Å²) in [5.41, 5.74) is 6.34. The van der Waals surface area contributed by atoms with Crippen molar-refractivity contribution >= 4 is 0 Å². The minimum atomic E-state index is 0.325. The molecule has 1 saturated carbocycles. The van der Waals surface area contributed by atoms with Crippen LogP contribution in [0.5, 0.6) is 0 Å². The van der Waals surface area contributed by atoms with Crippen LogP contribution in [-0.2, 0) is 0 Å². The van der Waals surface area contributed by atoms with Crippen molar-refractivity contribution in [2.75, 3.05) is 40.3 Å². The van der Waals surface area contributed by atoms with Crippen molar-refractivity contribution in [1.82, 2.24) is 9.80 Å². The maximum Gasteiger partial charge on any atom is 0.0337 e. The van der Waals surface area contributed by atoms with Gasteiger partial charge in [0.2, 0.25) is 0 Å². The van der Waals surface area contributed by atoms with Crippen LogP contribution in [0.3, 0.4) is 0 Å². The Labute approximate surface area is 101 Å². The molecule has 0 amide bonds. The molecule has 1 aliphatic carbocycles. The van der Waals surface area contributed by atoms with Crippen LogP contribution in [0.15, 0.2) is 0 Å². The molecule has 0 bridgehead atoms. The minimum absolute atomic E-state index is 0.325. The molecular weight excluding hydrogens is 198 g/mol. The van der Waals surface area contributed by atoms with Crippen LogP contribution in [0.25, 0.3) is 0 Å². The van der Waals surface area contributed by atoms with Gasteiger partial charge in [-0.1, -0.05) is 13.8 Å². The summed E-state index contributed by atoms with van der Waals surface area (Å²) in [6, 6.07) is 0. The maximum absolute atomic E-state index is 6.01. The van der Waals surface area contributed by atoms with Crippen LogP contribution in [0.2, 0.25) is 0 Å². The van der Waals surface area contributed by atoms with Crippen molar-refractivity contribution in [1.29, 1.82) is 0 Å². The Morgan fingerprint density at radius 1 is 1.19 bits per heavy atom. The Morgan fingerprint density at radius 3 is 2.19 bits per heavy atom. The first-order chi connectivity index (χ1) is 7.54. The molecule has 0 aromatic rings. The number of likely N-dealkylation sites (N-methyl/N-ethyl adjacent to an activating group) is 1. The van der Waals surface area contributed by atoms with E-state index in [2.05, 4.69) is 37.7 Å². The Balaban J connectivity index is 2.53. The molecule has 0 heterocycles. The topological polar surface area (TPSA) is 32.5 Å². The summed E-state index contributed by atoms with van der Waals surface area (Å²) >= 11 is 0. The first-order valence-electron chi connectivity index (χ1n) is 6.64. The van der Waals surface area contributed by atoms with Crippen LogP contribution < -0.4 is 5.73 Å². The summed E-state index contributed by atoms with van der Waals surface area (Å²) in [7, 11) is 4.28. The first-order valence-corrected chi connectivity index (χ1v) is 6.64. The van der Waals surface area contributed by atoms with E-state index in [0.29, 0.717) is 5.54 Å². The van der Waals surface area contributed by atoms with E-state index < -0.39 is 0 Å². The summed E-state index contributed by atoms with van der Waals surface area (Å²) in [4.78, 5) is 4.89. The van der Waals surface area contributed by atoms with E-state index in [1.54, 1.807) is 0 Å². The lowest BCUT2D eigenvalue weighted by Gasteiger charge is -2.53. The second-order valence-electron chi connectivity index (χ2n) is 5.73. The summed E-state index contributed by atoms with van der Waals surface area (Å²) < 4.78 is 0. The molecule has 0 aromatic heterocycles. The van der Waals surface area contributed by atoms with Crippen LogP contribution in [0.1, 0.15) is 33.1 Å². The molecular formula is C13H29N3. The van der Waals surface area contributed by atoms with Crippen molar-refractivity contribution in [2.45, 2.75) is 38.6 Å². The van der Waals surface area contributed by atoms with E-state index in [1.807, 2.05) is 0 Å². The smallest absolute Gasteiger partial charge is 0.0337 e.